The number of fused-ring (bicyclic) bond motifs is 1. The zero-order chi connectivity index (χ0) is 15.1. The Morgan fingerprint density at radius 2 is 1.90 bits per heavy atom. The van der Waals surface area contributed by atoms with Crippen molar-refractivity contribution in [3.05, 3.63) is 0 Å². The molecule has 0 aromatic carbocycles. The first-order chi connectivity index (χ1) is 9.19. The molecule has 2 aliphatic rings. The van der Waals surface area contributed by atoms with Crippen LogP contribution in [0.25, 0.3) is 0 Å². The number of methoxy groups -OCH3 is 1. The monoisotopic (exact) mass is 290 g/mol. The van der Waals surface area contributed by atoms with Gasteiger partial charge in [-0.15, -0.1) is 0 Å². The lowest BCUT2D eigenvalue weighted by Gasteiger charge is -2.43. The van der Waals surface area contributed by atoms with Gasteiger partial charge in [0, 0.05) is 13.0 Å². The number of rotatable bonds is 4. The van der Waals surface area contributed by atoms with Crippen LogP contribution in [-0.4, -0.2) is 55.0 Å². The highest BCUT2D eigenvalue weighted by atomic mass is 16.8. The van der Waals surface area contributed by atoms with Crippen molar-refractivity contribution in [3.8, 4) is 0 Å². The van der Waals surface area contributed by atoms with Crippen molar-refractivity contribution in [2.45, 2.75) is 70.8 Å². The molecule has 0 aromatic rings. The van der Waals surface area contributed by atoms with Gasteiger partial charge in [-0.25, -0.2) is 0 Å². The predicted molar refractivity (Wildman–Crippen MR) is 70.9 cm³/mol. The molecule has 0 bridgehead atoms. The highest BCUT2D eigenvalue weighted by molar-refractivity contribution is 4.93. The molecule has 2 heterocycles. The molecule has 6 nitrogen and oxygen atoms in total. The van der Waals surface area contributed by atoms with Crippen LogP contribution in [0.15, 0.2) is 0 Å². The maximum absolute atomic E-state index is 9.56. The summed E-state index contributed by atoms with van der Waals surface area (Å²) >= 11 is 0. The largest absolute Gasteiger partial charge is 0.394 e. The average Bonchev–Trinajstić information content (AvgIpc) is 2.67. The van der Waals surface area contributed by atoms with Crippen LogP contribution in [0.3, 0.4) is 0 Å². The molecule has 2 aliphatic heterocycles. The minimum Gasteiger partial charge on any atom is -0.394 e. The Hall–Kier alpha value is -0.240. The molecule has 0 aromatic heterocycles. The highest BCUT2D eigenvalue weighted by Crippen LogP contribution is 2.40. The van der Waals surface area contributed by atoms with E-state index in [-0.39, 0.29) is 24.7 Å². The fourth-order valence-corrected chi connectivity index (χ4v) is 2.70. The smallest absolute Gasteiger partial charge is 0.188 e. The highest BCUT2D eigenvalue weighted by Gasteiger charge is 2.54. The van der Waals surface area contributed by atoms with E-state index in [1.807, 2.05) is 34.6 Å². The summed E-state index contributed by atoms with van der Waals surface area (Å²) in [5.41, 5.74) is 0. The molecule has 2 saturated heterocycles. The lowest BCUT2D eigenvalue weighted by Crippen LogP contribution is -2.56. The van der Waals surface area contributed by atoms with Crippen molar-refractivity contribution in [2.24, 2.45) is 5.92 Å². The molecule has 6 heteroatoms. The van der Waals surface area contributed by atoms with E-state index in [4.69, 9.17) is 23.7 Å². The lowest BCUT2D eigenvalue weighted by molar-refractivity contribution is -0.304. The number of aliphatic hydroxyl groups excluding tert-OH is 1. The second-order valence-corrected chi connectivity index (χ2v) is 6.37. The first-order valence-corrected chi connectivity index (χ1v) is 7.04. The van der Waals surface area contributed by atoms with Crippen molar-refractivity contribution in [1.82, 2.24) is 0 Å². The fourth-order valence-electron chi connectivity index (χ4n) is 2.70. The third kappa shape index (κ3) is 3.16. The second-order valence-electron chi connectivity index (χ2n) is 6.37. The Bertz CT molecular complexity index is 343. The molecule has 0 amide bonds. The lowest BCUT2D eigenvalue weighted by atomic mass is 9.90. The topological polar surface area (TPSA) is 66.4 Å². The molecule has 1 N–H and O–H groups in total. The van der Waals surface area contributed by atoms with Crippen molar-refractivity contribution in [1.29, 1.82) is 0 Å². The van der Waals surface area contributed by atoms with Gasteiger partial charge in [0.15, 0.2) is 17.9 Å². The van der Waals surface area contributed by atoms with Crippen LogP contribution in [0, 0.1) is 5.92 Å². The van der Waals surface area contributed by atoms with Crippen LogP contribution >= 0.6 is 0 Å². The van der Waals surface area contributed by atoms with Crippen LogP contribution in [0.4, 0.5) is 0 Å². The predicted octanol–water partition coefficient (Wildman–Crippen LogP) is 1.26. The summed E-state index contributed by atoms with van der Waals surface area (Å²) in [4.78, 5) is 0. The van der Waals surface area contributed by atoms with E-state index < -0.39 is 24.0 Å². The molecule has 2 rings (SSSR count). The molecule has 1 unspecified atom stereocenters. The minimum atomic E-state index is -0.752. The Morgan fingerprint density at radius 1 is 1.25 bits per heavy atom. The van der Waals surface area contributed by atoms with Crippen LogP contribution in [0.1, 0.15) is 34.6 Å². The van der Waals surface area contributed by atoms with Gasteiger partial charge in [0.1, 0.15) is 12.2 Å². The Morgan fingerprint density at radius 3 is 2.45 bits per heavy atom. The SMILES string of the molecule is COC(C)(C)O[C@@H]1C(CO)O[C@H]2OC(C)(C)O[C@H]2[C@@H]1C. The van der Waals surface area contributed by atoms with Crippen molar-refractivity contribution in [3.63, 3.8) is 0 Å². The average molecular weight is 290 g/mol. The van der Waals surface area contributed by atoms with Gasteiger partial charge in [0.05, 0.1) is 12.7 Å². The van der Waals surface area contributed by atoms with E-state index >= 15 is 0 Å². The van der Waals surface area contributed by atoms with Crippen LogP contribution in [-0.2, 0) is 23.7 Å². The van der Waals surface area contributed by atoms with E-state index in [0.29, 0.717) is 0 Å². The Balaban J connectivity index is 2.15. The van der Waals surface area contributed by atoms with Crippen molar-refractivity contribution in [2.75, 3.05) is 13.7 Å². The van der Waals surface area contributed by atoms with Gasteiger partial charge in [-0.3, -0.25) is 0 Å². The van der Waals surface area contributed by atoms with E-state index in [0.717, 1.165) is 0 Å². The Kier molecular flexibility index (Phi) is 4.45. The molecule has 5 atom stereocenters. The normalized spacial score (nSPS) is 40.6. The molecule has 0 saturated carbocycles. The zero-order valence-electron chi connectivity index (χ0n) is 13.1. The van der Waals surface area contributed by atoms with Crippen LogP contribution in [0.5, 0.6) is 0 Å². The van der Waals surface area contributed by atoms with Crippen molar-refractivity contribution >= 4 is 0 Å². The second kappa shape index (κ2) is 5.51. The molecule has 20 heavy (non-hydrogen) atoms. The number of hydrogen-bond donors (Lipinski definition) is 1. The fraction of sp³-hybridized carbons (Fsp3) is 1.00. The standard InChI is InChI=1S/C14H26O6/c1-8-10(18-13(2,3)16-6)9(7-15)17-12-11(8)19-14(4,5)20-12/h8-12,15H,7H2,1-6H3/t8-,9?,10+,11+,12+/m1/s1. The summed E-state index contributed by atoms with van der Waals surface area (Å²) in [7, 11) is 1.59. The molecular formula is C14H26O6. The molecule has 2 fully saturated rings. The number of aliphatic hydroxyl groups is 1. The van der Waals surface area contributed by atoms with Gasteiger partial charge in [-0.05, 0) is 27.7 Å². The summed E-state index contributed by atoms with van der Waals surface area (Å²) in [6.07, 6.45) is -1.47. The zero-order valence-corrected chi connectivity index (χ0v) is 13.1. The summed E-state index contributed by atoms with van der Waals surface area (Å²) in [5.74, 6) is -1.42. The van der Waals surface area contributed by atoms with Gasteiger partial charge in [0.25, 0.3) is 0 Å². The molecule has 0 radical (unpaired) electrons. The van der Waals surface area contributed by atoms with Gasteiger partial charge >= 0.3 is 0 Å². The van der Waals surface area contributed by atoms with Crippen LogP contribution in [0.2, 0.25) is 0 Å². The molecule has 0 spiro atoms. The van der Waals surface area contributed by atoms with E-state index in [9.17, 15) is 5.11 Å². The minimum absolute atomic E-state index is 0.0158. The molecular weight excluding hydrogens is 264 g/mol. The van der Waals surface area contributed by atoms with Crippen LogP contribution < -0.4 is 0 Å². The van der Waals surface area contributed by atoms with Gasteiger partial charge in [0.2, 0.25) is 0 Å². The van der Waals surface area contributed by atoms with E-state index in [1.54, 1.807) is 7.11 Å². The first-order valence-electron chi connectivity index (χ1n) is 7.04. The maximum atomic E-state index is 9.56. The molecule has 0 aliphatic carbocycles. The third-order valence-electron chi connectivity index (χ3n) is 3.89. The summed E-state index contributed by atoms with van der Waals surface area (Å²) in [5, 5.41) is 9.56. The summed E-state index contributed by atoms with van der Waals surface area (Å²) < 4.78 is 28.7. The number of hydrogen-bond acceptors (Lipinski definition) is 6. The molecule has 118 valence electrons. The maximum Gasteiger partial charge on any atom is 0.188 e. The van der Waals surface area contributed by atoms with E-state index in [2.05, 4.69) is 0 Å². The number of ether oxygens (including phenoxy) is 5. The quantitative estimate of drug-likeness (QED) is 0.786. The summed E-state index contributed by atoms with van der Waals surface area (Å²) in [6.45, 7) is 9.24. The van der Waals surface area contributed by atoms with Crippen molar-refractivity contribution < 1.29 is 28.8 Å². The van der Waals surface area contributed by atoms with Gasteiger partial charge in [-0.2, -0.15) is 0 Å². The van der Waals surface area contributed by atoms with Gasteiger partial charge < -0.3 is 28.8 Å². The van der Waals surface area contributed by atoms with E-state index in [1.165, 1.54) is 0 Å². The van der Waals surface area contributed by atoms with Gasteiger partial charge in [-0.1, -0.05) is 6.92 Å². The Labute approximate surface area is 120 Å². The summed E-state index contributed by atoms with van der Waals surface area (Å²) in [6, 6.07) is 0. The first kappa shape index (κ1) is 16.1. The third-order valence-corrected chi connectivity index (χ3v) is 3.89.